The third kappa shape index (κ3) is 6.52. The van der Waals surface area contributed by atoms with Gasteiger partial charge in [-0.3, -0.25) is 0 Å². The summed E-state index contributed by atoms with van der Waals surface area (Å²) in [5, 5.41) is 0. The largest absolute Gasteiger partial charge is 0.372 e. The van der Waals surface area contributed by atoms with Crippen LogP contribution in [0.4, 0.5) is 5.69 Å². The maximum atomic E-state index is 3.91. The van der Waals surface area contributed by atoms with Crippen molar-refractivity contribution < 1.29 is 0 Å². The van der Waals surface area contributed by atoms with Crippen molar-refractivity contribution in [2.75, 3.05) is 18.0 Å². The van der Waals surface area contributed by atoms with Gasteiger partial charge in [-0.2, -0.15) is 0 Å². The van der Waals surface area contributed by atoms with Gasteiger partial charge in [0.1, 0.15) is 8.07 Å². The van der Waals surface area contributed by atoms with E-state index in [0.29, 0.717) is 16.6 Å². The zero-order chi connectivity index (χ0) is 21.3. The van der Waals surface area contributed by atoms with Crippen molar-refractivity contribution in [2.45, 2.75) is 97.7 Å². The highest BCUT2D eigenvalue weighted by molar-refractivity contribution is 14.1. The normalized spacial score (nSPS) is 11.9. The summed E-state index contributed by atoms with van der Waals surface area (Å²) >= 11 is 2.46. The van der Waals surface area contributed by atoms with E-state index >= 15 is 0 Å². The zero-order valence-corrected chi connectivity index (χ0v) is 22.7. The van der Waals surface area contributed by atoms with Crippen molar-refractivity contribution >= 4 is 36.4 Å². The van der Waals surface area contributed by atoms with Gasteiger partial charge >= 0.3 is 0 Å². The van der Waals surface area contributed by atoms with E-state index in [1.54, 1.807) is 0 Å². The first-order chi connectivity index (χ1) is 13.2. The molecule has 0 saturated carbocycles. The van der Waals surface area contributed by atoms with Crippen molar-refractivity contribution in [3.8, 4) is 11.5 Å². The molecule has 1 aromatic carbocycles. The Hall–Kier alpha value is -0.473. The van der Waals surface area contributed by atoms with Crippen LogP contribution in [0, 0.1) is 15.0 Å². The molecule has 0 saturated heterocycles. The monoisotopic (exact) mass is 511 g/mol. The van der Waals surface area contributed by atoms with Crippen LogP contribution in [0.5, 0.6) is 0 Å². The van der Waals surface area contributed by atoms with Crippen LogP contribution in [0.1, 0.15) is 86.6 Å². The lowest BCUT2D eigenvalue weighted by molar-refractivity contribution is 0.678. The SMILES string of the molecule is CCCCN(CCCC)c1ccc(I)c(C#C[Si](C(C)C)(C(C)C)C(C)C)c1. The molecule has 0 heterocycles. The third-order valence-corrected chi connectivity index (χ3v) is 13.4. The maximum Gasteiger partial charge on any atom is 0.146 e. The van der Waals surface area contributed by atoms with E-state index in [-0.39, 0.29) is 0 Å². The van der Waals surface area contributed by atoms with Crippen molar-refractivity contribution in [1.82, 2.24) is 0 Å². The van der Waals surface area contributed by atoms with Crippen LogP contribution in [0.25, 0.3) is 0 Å². The fraction of sp³-hybridized carbons (Fsp3) is 0.680. The molecule has 0 fully saturated rings. The first-order valence-electron chi connectivity index (χ1n) is 11.3. The number of nitrogens with zero attached hydrogens (tertiary/aromatic N) is 1. The van der Waals surface area contributed by atoms with Crippen LogP contribution in [0.2, 0.25) is 16.6 Å². The first kappa shape index (κ1) is 25.6. The highest BCUT2D eigenvalue weighted by Gasteiger charge is 2.41. The summed E-state index contributed by atoms with van der Waals surface area (Å²) in [5.74, 6) is 3.68. The lowest BCUT2D eigenvalue weighted by atomic mass is 10.1. The molecule has 0 atom stereocenters. The second kappa shape index (κ2) is 12.3. The topological polar surface area (TPSA) is 3.24 Å². The summed E-state index contributed by atoms with van der Waals surface area (Å²) in [6.45, 7) is 21.2. The predicted octanol–water partition coefficient (Wildman–Crippen LogP) is 8.27. The zero-order valence-electron chi connectivity index (χ0n) is 19.5. The van der Waals surface area contributed by atoms with Crippen LogP contribution in [-0.4, -0.2) is 21.2 Å². The Morgan fingerprint density at radius 2 is 1.39 bits per heavy atom. The molecule has 0 bridgehead atoms. The molecule has 158 valence electrons. The minimum absolute atomic E-state index is 0.673. The Balaban J connectivity index is 3.32. The van der Waals surface area contributed by atoms with Crippen LogP contribution < -0.4 is 4.90 Å². The van der Waals surface area contributed by atoms with Crippen molar-refractivity contribution in [1.29, 1.82) is 0 Å². The average molecular weight is 512 g/mol. The van der Waals surface area contributed by atoms with Crippen molar-refractivity contribution in [3.05, 3.63) is 27.3 Å². The Bertz CT molecular complexity index is 624. The van der Waals surface area contributed by atoms with Gasteiger partial charge in [0.25, 0.3) is 0 Å². The van der Waals surface area contributed by atoms with Crippen molar-refractivity contribution in [3.63, 3.8) is 0 Å². The molecule has 0 N–H and O–H groups in total. The molecule has 28 heavy (non-hydrogen) atoms. The number of unbranched alkanes of at least 4 members (excludes halogenated alkanes) is 2. The first-order valence-corrected chi connectivity index (χ1v) is 14.6. The lowest BCUT2D eigenvalue weighted by Gasteiger charge is -2.38. The van der Waals surface area contributed by atoms with E-state index < -0.39 is 8.07 Å². The number of anilines is 1. The quantitative estimate of drug-likeness (QED) is 0.174. The second-order valence-corrected chi connectivity index (χ2v) is 15.7. The van der Waals surface area contributed by atoms with E-state index in [2.05, 4.69) is 113 Å². The molecule has 0 aromatic heterocycles. The molecule has 1 nitrogen and oxygen atoms in total. The van der Waals surface area contributed by atoms with Crippen LogP contribution >= 0.6 is 22.6 Å². The Labute approximate surface area is 190 Å². The molecule has 0 radical (unpaired) electrons. The summed E-state index contributed by atoms with van der Waals surface area (Å²) in [6.07, 6.45) is 4.98. The lowest BCUT2D eigenvalue weighted by Crippen LogP contribution is -2.43. The van der Waals surface area contributed by atoms with Gasteiger partial charge in [0.05, 0.1) is 0 Å². The number of hydrogen-bond acceptors (Lipinski definition) is 1. The maximum absolute atomic E-state index is 3.91. The number of rotatable bonds is 10. The minimum atomic E-state index is -1.70. The second-order valence-electron chi connectivity index (χ2n) is 9.01. The summed E-state index contributed by atoms with van der Waals surface area (Å²) in [5.41, 5.74) is 8.49. The van der Waals surface area contributed by atoms with E-state index in [4.69, 9.17) is 0 Å². The Morgan fingerprint density at radius 3 is 1.82 bits per heavy atom. The van der Waals surface area contributed by atoms with Gasteiger partial charge in [0.2, 0.25) is 0 Å². The highest BCUT2D eigenvalue weighted by Crippen LogP contribution is 2.40. The van der Waals surface area contributed by atoms with E-state index in [1.165, 1.54) is 40.5 Å². The van der Waals surface area contributed by atoms with Gasteiger partial charge in [0.15, 0.2) is 0 Å². The fourth-order valence-electron chi connectivity index (χ4n) is 4.48. The predicted molar refractivity (Wildman–Crippen MR) is 139 cm³/mol. The molecule has 0 aliphatic heterocycles. The molecule has 0 unspecified atom stereocenters. The van der Waals surface area contributed by atoms with Crippen molar-refractivity contribution in [2.24, 2.45) is 0 Å². The Morgan fingerprint density at radius 1 is 0.893 bits per heavy atom. The molecule has 1 rings (SSSR count). The van der Waals surface area contributed by atoms with Crippen LogP contribution in [-0.2, 0) is 0 Å². The van der Waals surface area contributed by atoms with Gasteiger partial charge in [-0.1, -0.05) is 74.2 Å². The van der Waals surface area contributed by atoms with Gasteiger partial charge in [-0.25, -0.2) is 0 Å². The Kier molecular flexibility index (Phi) is 11.2. The molecule has 0 aliphatic carbocycles. The van der Waals surface area contributed by atoms with Gasteiger partial charge in [-0.15, -0.1) is 5.54 Å². The minimum Gasteiger partial charge on any atom is -0.372 e. The van der Waals surface area contributed by atoms with E-state index in [0.717, 1.165) is 13.1 Å². The molecule has 0 amide bonds. The van der Waals surface area contributed by atoms with Gasteiger partial charge in [0, 0.05) is 27.9 Å². The molecule has 1 aromatic rings. The third-order valence-electron chi connectivity index (χ3n) is 6.16. The average Bonchev–Trinajstić information content (AvgIpc) is 2.63. The summed E-state index contributed by atoms with van der Waals surface area (Å²) < 4.78 is 1.28. The van der Waals surface area contributed by atoms with Gasteiger partial charge < -0.3 is 4.90 Å². The summed E-state index contributed by atoms with van der Waals surface area (Å²) in [7, 11) is -1.70. The fourth-order valence-corrected chi connectivity index (χ4v) is 10.2. The summed E-state index contributed by atoms with van der Waals surface area (Å²) in [4.78, 5) is 2.56. The number of benzene rings is 1. The van der Waals surface area contributed by atoms with Crippen LogP contribution in [0.15, 0.2) is 18.2 Å². The summed E-state index contributed by atoms with van der Waals surface area (Å²) in [6, 6.07) is 6.89. The standard InChI is InChI=1S/C25H42INSi/c1-9-11-16-27(17-12-10-2)24-13-14-25(26)23(19-24)15-18-28(20(3)4,21(5)6)22(7)8/h13-14,19-22H,9-12,16-17H2,1-8H3. The molecular weight excluding hydrogens is 469 g/mol. The van der Waals surface area contributed by atoms with Gasteiger partial charge in [-0.05, 0) is 70.3 Å². The molecule has 0 aliphatic rings. The van der Waals surface area contributed by atoms with E-state index in [1.807, 2.05) is 0 Å². The highest BCUT2D eigenvalue weighted by atomic mass is 127. The number of halogens is 1. The van der Waals surface area contributed by atoms with E-state index in [9.17, 15) is 0 Å². The molecular formula is C25H42INSi. The molecule has 3 heteroatoms. The molecule has 0 spiro atoms. The van der Waals surface area contributed by atoms with Crippen LogP contribution in [0.3, 0.4) is 0 Å². The smallest absolute Gasteiger partial charge is 0.146 e. The number of hydrogen-bond donors (Lipinski definition) is 0.